The smallest absolute Gasteiger partial charge is 0.221 e. The highest BCUT2D eigenvalue weighted by atomic mass is 16.1. The van der Waals surface area contributed by atoms with Crippen molar-refractivity contribution in [3.05, 3.63) is 0 Å². The van der Waals surface area contributed by atoms with E-state index in [-0.39, 0.29) is 11.9 Å². The molecular weight excluding hydrogens is 200 g/mol. The molecule has 1 amide bonds. The fourth-order valence-electron chi connectivity index (χ4n) is 2.08. The van der Waals surface area contributed by atoms with Crippen molar-refractivity contribution in [2.24, 2.45) is 5.92 Å². The molecule has 1 unspecified atom stereocenters. The van der Waals surface area contributed by atoms with E-state index < -0.39 is 0 Å². The first kappa shape index (κ1) is 13.5. The van der Waals surface area contributed by atoms with Gasteiger partial charge < -0.3 is 10.6 Å². The summed E-state index contributed by atoms with van der Waals surface area (Å²) in [7, 11) is 0. The molecule has 1 fully saturated rings. The van der Waals surface area contributed by atoms with Gasteiger partial charge in [0.1, 0.15) is 0 Å². The Bertz CT molecular complexity index is 212. The topological polar surface area (TPSA) is 41.1 Å². The normalized spacial score (nSPS) is 17.5. The Labute approximate surface area is 99.4 Å². The molecule has 0 heterocycles. The summed E-state index contributed by atoms with van der Waals surface area (Å²) in [5, 5.41) is 6.44. The number of nitrogens with one attached hydrogen (secondary N) is 2. The van der Waals surface area contributed by atoms with E-state index in [0.717, 1.165) is 12.5 Å². The summed E-state index contributed by atoms with van der Waals surface area (Å²) >= 11 is 0. The van der Waals surface area contributed by atoms with Crippen molar-refractivity contribution in [1.29, 1.82) is 0 Å². The van der Waals surface area contributed by atoms with Crippen LogP contribution in [0.2, 0.25) is 0 Å². The number of carbonyl (C=O) groups excluding carboxylic acids is 1. The van der Waals surface area contributed by atoms with Crippen molar-refractivity contribution >= 4 is 5.91 Å². The predicted molar refractivity (Wildman–Crippen MR) is 67.3 cm³/mol. The average Bonchev–Trinajstić information content (AvgIpc) is 2.98. The zero-order chi connectivity index (χ0) is 12.0. The molecule has 16 heavy (non-hydrogen) atoms. The van der Waals surface area contributed by atoms with E-state index in [9.17, 15) is 4.79 Å². The molecule has 1 atom stereocenters. The molecule has 2 N–H and O–H groups in total. The summed E-state index contributed by atoms with van der Waals surface area (Å²) in [6.07, 6.45) is 5.82. The second-order valence-electron chi connectivity index (χ2n) is 5.16. The number of amides is 1. The lowest BCUT2D eigenvalue weighted by Gasteiger charge is -2.17. The van der Waals surface area contributed by atoms with E-state index in [2.05, 4.69) is 17.6 Å². The molecule has 0 aliphatic heterocycles. The highest BCUT2D eigenvalue weighted by molar-refractivity contribution is 5.76. The van der Waals surface area contributed by atoms with E-state index in [1.165, 1.54) is 25.7 Å². The fraction of sp³-hybridized carbons (Fsp3) is 0.923. The Morgan fingerprint density at radius 3 is 2.56 bits per heavy atom. The Hall–Kier alpha value is -0.570. The van der Waals surface area contributed by atoms with E-state index >= 15 is 0 Å². The third kappa shape index (κ3) is 5.50. The monoisotopic (exact) mass is 226 g/mol. The Balaban J connectivity index is 2.10. The molecule has 1 aliphatic rings. The Morgan fingerprint density at radius 1 is 1.38 bits per heavy atom. The molecular formula is C13H26N2O. The van der Waals surface area contributed by atoms with E-state index in [1.807, 2.05) is 13.8 Å². The molecule has 0 bridgehead atoms. The fourth-order valence-corrected chi connectivity index (χ4v) is 2.08. The van der Waals surface area contributed by atoms with Crippen LogP contribution < -0.4 is 10.6 Å². The summed E-state index contributed by atoms with van der Waals surface area (Å²) < 4.78 is 0. The van der Waals surface area contributed by atoms with Gasteiger partial charge in [0.15, 0.2) is 0 Å². The van der Waals surface area contributed by atoms with Crippen LogP contribution in [0.4, 0.5) is 0 Å². The molecule has 0 aromatic rings. The molecule has 1 aliphatic carbocycles. The molecule has 3 nitrogen and oxygen atoms in total. The third-order valence-corrected chi connectivity index (χ3v) is 3.00. The van der Waals surface area contributed by atoms with Crippen molar-refractivity contribution in [3.63, 3.8) is 0 Å². The summed E-state index contributed by atoms with van der Waals surface area (Å²) in [4.78, 5) is 11.4. The molecule has 0 radical (unpaired) electrons. The zero-order valence-electron chi connectivity index (χ0n) is 10.9. The summed E-state index contributed by atoms with van der Waals surface area (Å²) in [6, 6.07) is 0.902. The van der Waals surface area contributed by atoms with Crippen molar-refractivity contribution < 1.29 is 4.79 Å². The average molecular weight is 226 g/mol. The first-order valence-corrected chi connectivity index (χ1v) is 6.66. The van der Waals surface area contributed by atoms with Gasteiger partial charge in [-0.15, -0.1) is 0 Å². The number of rotatable bonds is 8. The molecule has 0 spiro atoms. The summed E-state index contributed by atoms with van der Waals surface area (Å²) in [5.41, 5.74) is 0. The minimum atomic E-state index is 0.161. The van der Waals surface area contributed by atoms with Crippen LogP contribution in [0, 0.1) is 5.92 Å². The third-order valence-electron chi connectivity index (χ3n) is 3.00. The van der Waals surface area contributed by atoms with E-state index in [0.29, 0.717) is 12.5 Å². The minimum Gasteiger partial charge on any atom is -0.354 e. The van der Waals surface area contributed by atoms with Gasteiger partial charge >= 0.3 is 0 Å². The lowest BCUT2D eigenvalue weighted by molar-refractivity contribution is -0.121. The minimum absolute atomic E-state index is 0.161. The van der Waals surface area contributed by atoms with E-state index in [4.69, 9.17) is 0 Å². The van der Waals surface area contributed by atoms with Gasteiger partial charge in [-0.3, -0.25) is 4.79 Å². The van der Waals surface area contributed by atoms with Crippen molar-refractivity contribution in [2.45, 2.75) is 65.0 Å². The molecule has 0 saturated heterocycles. The highest BCUT2D eigenvalue weighted by Gasteiger charge is 2.29. The molecule has 94 valence electrons. The van der Waals surface area contributed by atoms with Gasteiger partial charge in [0.2, 0.25) is 5.91 Å². The highest BCUT2D eigenvalue weighted by Crippen LogP contribution is 2.34. The van der Waals surface area contributed by atoms with Crippen LogP contribution in [-0.2, 0) is 4.79 Å². The molecule has 3 heteroatoms. The lowest BCUT2D eigenvalue weighted by Crippen LogP contribution is -2.36. The van der Waals surface area contributed by atoms with Gasteiger partial charge in [0.05, 0.1) is 0 Å². The van der Waals surface area contributed by atoms with Crippen molar-refractivity contribution in [2.75, 3.05) is 6.54 Å². The van der Waals surface area contributed by atoms with Gasteiger partial charge in [0, 0.05) is 25.0 Å². The van der Waals surface area contributed by atoms with Gasteiger partial charge in [-0.05, 0) is 39.0 Å². The lowest BCUT2D eigenvalue weighted by atomic mass is 10.1. The Kier molecular flexibility index (Phi) is 5.81. The van der Waals surface area contributed by atoms with Gasteiger partial charge in [0.25, 0.3) is 0 Å². The summed E-state index contributed by atoms with van der Waals surface area (Å²) in [6.45, 7) is 7.03. The van der Waals surface area contributed by atoms with Crippen LogP contribution in [-0.4, -0.2) is 24.5 Å². The first-order chi connectivity index (χ1) is 7.63. The maximum Gasteiger partial charge on any atom is 0.221 e. The number of hydrogen-bond acceptors (Lipinski definition) is 2. The van der Waals surface area contributed by atoms with Crippen LogP contribution in [0.1, 0.15) is 52.9 Å². The van der Waals surface area contributed by atoms with Crippen LogP contribution in [0.5, 0.6) is 0 Å². The second kappa shape index (κ2) is 6.89. The molecule has 1 rings (SSSR count). The number of hydrogen-bond donors (Lipinski definition) is 2. The largest absolute Gasteiger partial charge is 0.354 e. The van der Waals surface area contributed by atoms with Crippen molar-refractivity contribution in [1.82, 2.24) is 10.6 Å². The van der Waals surface area contributed by atoms with Crippen LogP contribution >= 0.6 is 0 Å². The summed E-state index contributed by atoms with van der Waals surface area (Å²) in [5.74, 6) is 1.04. The van der Waals surface area contributed by atoms with Gasteiger partial charge in [-0.1, -0.05) is 13.3 Å². The van der Waals surface area contributed by atoms with Gasteiger partial charge in [-0.25, -0.2) is 0 Å². The molecule has 1 saturated carbocycles. The van der Waals surface area contributed by atoms with Gasteiger partial charge in [-0.2, -0.15) is 0 Å². The van der Waals surface area contributed by atoms with Crippen LogP contribution in [0.25, 0.3) is 0 Å². The second-order valence-corrected chi connectivity index (χ2v) is 5.16. The quantitative estimate of drug-likeness (QED) is 0.665. The van der Waals surface area contributed by atoms with Crippen LogP contribution in [0.3, 0.4) is 0 Å². The number of carbonyl (C=O) groups is 1. The first-order valence-electron chi connectivity index (χ1n) is 6.66. The standard InChI is InChI=1S/C13H26N2O/c1-4-5-12(11-6-7-11)14-9-8-13(16)15-10(2)3/h10-12,14H,4-9H2,1-3H3,(H,15,16). The predicted octanol–water partition coefficient (Wildman–Crippen LogP) is 2.07. The Morgan fingerprint density at radius 2 is 2.06 bits per heavy atom. The van der Waals surface area contributed by atoms with Crippen LogP contribution in [0.15, 0.2) is 0 Å². The zero-order valence-corrected chi connectivity index (χ0v) is 10.9. The molecule has 0 aromatic heterocycles. The SMILES string of the molecule is CCCC(NCCC(=O)NC(C)C)C1CC1. The maximum absolute atomic E-state index is 11.4. The molecule has 0 aromatic carbocycles. The maximum atomic E-state index is 11.4. The van der Waals surface area contributed by atoms with Crippen molar-refractivity contribution in [3.8, 4) is 0 Å². The van der Waals surface area contributed by atoms with E-state index in [1.54, 1.807) is 0 Å².